The van der Waals surface area contributed by atoms with E-state index in [-0.39, 0.29) is 32.7 Å². The van der Waals surface area contributed by atoms with Crippen LogP contribution in [0.4, 0.5) is 5.69 Å². The van der Waals surface area contributed by atoms with Crippen LogP contribution in [-0.4, -0.2) is 7.11 Å². The van der Waals surface area contributed by atoms with Crippen molar-refractivity contribution < 1.29 is 37.4 Å². The molecule has 1 aromatic carbocycles. The fourth-order valence-corrected chi connectivity index (χ4v) is 0.804. The van der Waals surface area contributed by atoms with Gasteiger partial charge in [-0.15, -0.1) is 12.1 Å². The van der Waals surface area contributed by atoms with Gasteiger partial charge >= 0.3 is 0 Å². The Morgan fingerprint density at radius 3 is 2.45 bits per heavy atom. The first-order chi connectivity index (χ1) is 4.72. The summed E-state index contributed by atoms with van der Waals surface area (Å²) in [5, 5.41) is 0. The summed E-state index contributed by atoms with van der Waals surface area (Å²) in [6.45, 7) is 3.73. The Morgan fingerprint density at radius 2 is 2.00 bits per heavy atom. The second kappa shape index (κ2) is 4.63. The van der Waals surface area contributed by atoms with Crippen LogP contribution < -0.4 is 10.5 Å². The number of rotatable bonds is 1. The zero-order valence-corrected chi connectivity index (χ0v) is 9.34. The maximum Gasteiger partial charge on any atom is 0.0759 e. The molecule has 0 atom stereocenters. The first-order valence-electron chi connectivity index (χ1n) is 2.99. The van der Waals surface area contributed by atoms with E-state index in [1.54, 1.807) is 19.2 Å². The van der Waals surface area contributed by atoms with Crippen molar-refractivity contribution in [3.05, 3.63) is 30.7 Å². The molecule has 0 fully saturated rings. The van der Waals surface area contributed by atoms with Crippen molar-refractivity contribution in [2.75, 3.05) is 12.8 Å². The van der Waals surface area contributed by atoms with E-state index >= 15 is 0 Å². The molecule has 0 saturated heterocycles. The molecule has 1 radical (unpaired) electrons. The van der Waals surface area contributed by atoms with Crippen molar-refractivity contribution in [1.29, 1.82) is 0 Å². The third-order valence-electron chi connectivity index (χ3n) is 1.22. The second-order valence-electron chi connectivity index (χ2n) is 2.11. The van der Waals surface area contributed by atoms with E-state index in [0.717, 1.165) is 11.3 Å². The molecule has 0 bridgehead atoms. The average molecular weight is 225 g/mol. The van der Waals surface area contributed by atoms with Gasteiger partial charge in [0.15, 0.2) is 0 Å². The van der Waals surface area contributed by atoms with E-state index in [0.29, 0.717) is 5.69 Å². The summed E-state index contributed by atoms with van der Waals surface area (Å²) < 4.78 is 4.96. The van der Waals surface area contributed by atoms with Crippen molar-refractivity contribution in [2.24, 2.45) is 0 Å². The molecule has 2 nitrogen and oxygen atoms in total. The van der Waals surface area contributed by atoms with Crippen LogP contribution in [0.3, 0.4) is 0 Å². The molecule has 0 amide bonds. The molecule has 0 unspecified atom stereocenters. The summed E-state index contributed by atoms with van der Waals surface area (Å²) in [5.74, 6) is 0.755. The predicted molar refractivity (Wildman–Crippen MR) is 41.9 cm³/mol. The van der Waals surface area contributed by atoms with Crippen molar-refractivity contribution in [2.45, 2.75) is 0 Å². The van der Waals surface area contributed by atoms with Gasteiger partial charge in [-0.05, 0) is 11.8 Å². The van der Waals surface area contributed by atoms with Crippen molar-refractivity contribution in [3.8, 4) is 5.75 Å². The van der Waals surface area contributed by atoms with Crippen LogP contribution in [0.5, 0.6) is 5.75 Å². The van der Waals surface area contributed by atoms with E-state index in [1.165, 1.54) is 0 Å². The minimum atomic E-state index is 0. The van der Waals surface area contributed by atoms with Crippen LogP contribution in [0.1, 0.15) is 5.56 Å². The number of anilines is 1. The molecule has 57 valence electrons. The third kappa shape index (κ3) is 3.13. The molecule has 1 rings (SSSR count). The van der Waals surface area contributed by atoms with Gasteiger partial charge in [-0.1, -0.05) is 0 Å². The number of hydrogen-bond donors (Lipinski definition) is 1. The van der Waals surface area contributed by atoms with E-state index in [1.807, 2.05) is 6.07 Å². The Hall–Kier alpha value is -0.206. The van der Waals surface area contributed by atoms with Crippen LogP contribution in [0.2, 0.25) is 0 Å². The fraction of sp³-hybridized carbons (Fsp3) is 0.125. The molecule has 11 heavy (non-hydrogen) atoms. The smallest absolute Gasteiger partial charge is 0.0759 e. The maximum absolute atomic E-state index is 5.52. The molecule has 3 heteroatoms. The van der Waals surface area contributed by atoms with Gasteiger partial charge < -0.3 is 10.5 Å². The molecule has 1 aromatic rings. The third-order valence-corrected chi connectivity index (χ3v) is 1.22. The number of hydrogen-bond acceptors (Lipinski definition) is 2. The standard InChI is InChI=1S/C8H10NO.Y/c1-6-3-7(9)5-8(4-6)10-2;/h3-5H,1,9H2,2H3;/q-1;. The summed E-state index contributed by atoms with van der Waals surface area (Å²) in [7, 11) is 1.61. The normalized spacial score (nSPS) is 8.45. The van der Waals surface area contributed by atoms with Crippen LogP contribution in [0, 0.1) is 6.92 Å². The molecule has 0 aliphatic carbocycles. The van der Waals surface area contributed by atoms with Gasteiger partial charge in [0.25, 0.3) is 0 Å². The van der Waals surface area contributed by atoms with E-state index < -0.39 is 0 Å². The molecule has 0 aliphatic rings. The SMILES string of the molecule is [CH2-]c1cc(N)cc(OC)c1.[Y]. The molecular formula is C8H10NOY-. The Bertz CT molecular complexity index is 217. The summed E-state index contributed by atoms with van der Waals surface area (Å²) in [6.07, 6.45) is 0. The number of ether oxygens (including phenoxy) is 1. The maximum atomic E-state index is 5.52. The van der Waals surface area contributed by atoms with Gasteiger partial charge in [-0.3, -0.25) is 0 Å². The zero-order chi connectivity index (χ0) is 7.56. The monoisotopic (exact) mass is 225 g/mol. The average Bonchev–Trinajstić information content (AvgIpc) is 1.85. The molecular weight excluding hydrogens is 215 g/mol. The molecule has 0 aromatic heterocycles. The minimum Gasteiger partial charge on any atom is -0.510 e. The van der Waals surface area contributed by atoms with Gasteiger partial charge in [0, 0.05) is 32.7 Å². The molecule has 0 saturated carbocycles. The molecule has 0 heterocycles. The Balaban J connectivity index is 0.000001000. The Labute approximate surface area is 92.0 Å². The van der Waals surface area contributed by atoms with Crippen LogP contribution in [0.15, 0.2) is 18.2 Å². The fourth-order valence-electron chi connectivity index (χ4n) is 0.804. The number of nitrogens with two attached hydrogens (primary N) is 1. The number of nitrogen functional groups attached to an aromatic ring is 1. The quantitative estimate of drug-likeness (QED) is 0.580. The molecule has 2 N–H and O–H groups in total. The zero-order valence-electron chi connectivity index (χ0n) is 6.50. The number of methoxy groups -OCH3 is 1. The summed E-state index contributed by atoms with van der Waals surface area (Å²) in [6, 6.07) is 5.38. The van der Waals surface area contributed by atoms with Crippen molar-refractivity contribution in [3.63, 3.8) is 0 Å². The van der Waals surface area contributed by atoms with Gasteiger partial charge in [0.2, 0.25) is 0 Å². The van der Waals surface area contributed by atoms with Crippen LogP contribution in [0.25, 0.3) is 0 Å². The van der Waals surface area contributed by atoms with Gasteiger partial charge in [-0.25, -0.2) is 0 Å². The van der Waals surface area contributed by atoms with E-state index in [4.69, 9.17) is 10.5 Å². The predicted octanol–water partition coefficient (Wildman–Crippen LogP) is 1.46. The van der Waals surface area contributed by atoms with Gasteiger partial charge in [-0.2, -0.15) is 12.5 Å². The minimum absolute atomic E-state index is 0. The van der Waals surface area contributed by atoms with Gasteiger partial charge in [0.05, 0.1) is 12.9 Å². The summed E-state index contributed by atoms with van der Waals surface area (Å²) >= 11 is 0. The van der Waals surface area contributed by atoms with E-state index in [2.05, 4.69) is 6.92 Å². The number of benzene rings is 1. The topological polar surface area (TPSA) is 35.2 Å². The summed E-state index contributed by atoms with van der Waals surface area (Å²) in [5.41, 5.74) is 7.07. The second-order valence-corrected chi connectivity index (χ2v) is 2.11. The van der Waals surface area contributed by atoms with Crippen molar-refractivity contribution >= 4 is 5.69 Å². The summed E-state index contributed by atoms with van der Waals surface area (Å²) in [4.78, 5) is 0. The largest absolute Gasteiger partial charge is 0.510 e. The van der Waals surface area contributed by atoms with Gasteiger partial charge in [0.1, 0.15) is 0 Å². The van der Waals surface area contributed by atoms with E-state index in [9.17, 15) is 0 Å². The first-order valence-corrected chi connectivity index (χ1v) is 2.99. The van der Waals surface area contributed by atoms with Crippen molar-refractivity contribution in [1.82, 2.24) is 0 Å². The Morgan fingerprint density at radius 1 is 1.36 bits per heavy atom. The molecule has 0 aliphatic heterocycles. The molecule has 0 spiro atoms. The first kappa shape index (κ1) is 10.8. The van der Waals surface area contributed by atoms with Crippen LogP contribution >= 0.6 is 0 Å². The van der Waals surface area contributed by atoms with Crippen LogP contribution in [-0.2, 0) is 32.7 Å². The Kier molecular flexibility index (Phi) is 4.54.